The zero-order valence-electron chi connectivity index (χ0n) is 12.6. The quantitative estimate of drug-likeness (QED) is 0.399. The molecule has 3 aromatic rings. The zero-order valence-corrected chi connectivity index (χ0v) is 14.2. The van der Waals surface area contributed by atoms with Crippen LogP contribution in [0.15, 0.2) is 56.1 Å². The number of hydrogen-bond donors (Lipinski definition) is 2. The van der Waals surface area contributed by atoms with Crippen LogP contribution in [-0.2, 0) is 6.54 Å². The summed E-state index contributed by atoms with van der Waals surface area (Å²) in [5.74, 6) is -0.684. The Labute approximate surface area is 145 Å². The molecule has 24 heavy (non-hydrogen) atoms. The predicted octanol–water partition coefficient (Wildman–Crippen LogP) is 2.91. The number of carbonyl (C=O) groups excluding carboxylic acids is 1. The van der Waals surface area contributed by atoms with Gasteiger partial charge in [0.25, 0.3) is 0 Å². The number of fused-ring (bicyclic) bond motifs is 1. The maximum Gasteiger partial charge on any atom is 0.419 e. The summed E-state index contributed by atoms with van der Waals surface area (Å²) in [6.45, 7) is 0.222. The van der Waals surface area contributed by atoms with Gasteiger partial charge in [0.05, 0.1) is 5.52 Å². The third kappa shape index (κ3) is 3.16. The predicted molar refractivity (Wildman–Crippen MR) is 94.6 cm³/mol. The van der Waals surface area contributed by atoms with Crippen molar-refractivity contribution in [3.05, 3.63) is 68.6 Å². The fourth-order valence-corrected chi connectivity index (χ4v) is 2.70. The van der Waals surface area contributed by atoms with E-state index < -0.39 is 5.76 Å². The summed E-state index contributed by atoms with van der Waals surface area (Å²) in [5.41, 5.74) is 7.44. The molecule has 0 aliphatic heterocycles. The van der Waals surface area contributed by atoms with Crippen LogP contribution in [0.25, 0.3) is 11.1 Å². The monoisotopic (exact) mass is 387 g/mol. The third-order valence-corrected chi connectivity index (χ3v) is 4.24. The molecular formula is C17H14BrN3O3. The van der Waals surface area contributed by atoms with Crippen LogP contribution in [0.4, 0.5) is 0 Å². The minimum absolute atomic E-state index is 0.0518. The highest BCUT2D eigenvalue weighted by Crippen LogP contribution is 2.16. The summed E-state index contributed by atoms with van der Waals surface area (Å²) in [5, 5.41) is 7.42. The van der Waals surface area contributed by atoms with Gasteiger partial charge in [-0.3, -0.25) is 14.8 Å². The molecule has 0 saturated carbocycles. The molecule has 0 saturated heterocycles. The first-order valence-corrected chi connectivity index (χ1v) is 8.01. The van der Waals surface area contributed by atoms with Crippen LogP contribution in [0.3, 0.4) is 0 Å². The minimum atomic E-state index is -0.533. The number of ketones is 1. The lowest BCUT2D eigenvalue weighted by Gasteiger charge is -2.03. The Morgan fingerprint density at radius 1 is 1.17 bits per heavy atom. The number of carbonyl (C=O) groups is 1. The number of benzene rings is 2. The number of hydrogen-bond acceptors (Lipinski definition) is 4. The lowest BCUT2D eigenvalue weighted by atomic mass is 10.1. The first kappa shape index (κ1) is 16.2. The summed E-state index contributed by atoms with van der Waals surface area (Å²) in [6, 6.07) is 11.9. The van der Waals surface area contributed by atoms with Crippen molar-refractivity contribution in [1.82, 2.24) is 4.57 Å². The molecule has 7 heteroatoms. The molecule has 1 aromatic heterocycles. The second kappa shape index (κ2) is 6.45. The Kier molecular flexibility index (Phi) is 4.35. The summed E-state index contributed by atoms with van der Waals surface area (Å²) in [6.07, 6.45) is 0.185. The van der Waals surface area contributed by atoms with Crippen LogP contribution in [0.2, 0.25) is 0 Å². The fourth-order valence-electron chi connectivity index (χ4n) is 2.44. The van der Waals surface area contributed by atoms with Gasteiger partial charge in [-0.25, -0.2) is 4.79 Å². The van der Waals surface area contributed by atoms with E-state index in [1.165, 1.54) is 4.57 Å². The number of nitrogens with two attached hydrogens (primary N) is 1. The van der Waals surface area contributed by atoms with Crippen molar-refractivity contribution in [2.75, 3.05) is 0 Å². The van der Waals surface area contributed by atoms with Crippen LogP contribution in [0.1, 0.15) is 22.3 Å². The maximum atomic E-state index is 12.2. The molecule has 1 heterocycles. The molecule has 0 radical (unpaired) electrons. The third-order valence-electron chi connectivity index (χ3n) is 3.71. The van der Waals surface area contributed by atoms with Gasteiger partial charge in [0, 0.05) is 28.6 Å². The van der Waals surface area contributed by atoms with Crippen molar-refractivity contribution < 1.29 is 9.21 Å². The summed E-state index contributed by atoms with van der Waals surface area (Å²) in [7, 11) is 0. The number of nitrogen functional groups attached to an aromatic ring is 1. The lowest BCUT2D eigenvalue weighted by molar-refractivity contribution is 0.0977. The van der Waals surface area contributed by atoms with Crippen molar-refractivity contribution in [2.45, 2.75) is 13.0 Å². The van der Waals surface area contributed by atoms with E-state index in [0.29, 0.717) is 22.2 Å². The van der Waals surface area contributed by atoms with E-state index in [1.54, 1.807) is 42.5 Å². The maximum absolute atomic E-state index is 12.2. The van der Waals surface area contributed by atoms with E-state index in [0.717, 1.165) is 4.47 Å². The molecular weight excluding hydrogens is 374 g/mol. The second-order valence-corrected chi connectivity index (χ2v) is 6.21. The molecule has 0 aliphatic carbocycles. The Hall–Kier alpha value is -2.67. The van der Waals surface area contributed by atoms with Crippen LogP contribution in [0, 0.1) is 5.41 Å². The molecule has 0 amide bonds. The molecule has 122 valence electrons. The average molecular weight is 388 g/mol. The molecule has 0 atom stereocenters. The molecule has 0 bridgehead atoms. The minimum Gasteiger partial charge on any atom is -0.408 e. The highest BCUT2D eigenvalue weighted by Gasteiger charge is 2.13. The van der Waals surface area contributed by atoms with Gasteiger partial charge in [0.1, 0.15) is 5.84 Å². The van der Waals surface area contributed by atoms with Gasteiger partial charge in [0.2, 0.25) is 0 Å². The molecule has 6 nitrogen and oxygen atoms in total. The molecule has 0 fully saturated rings. The number of nitrogens with one attached hydrogen (secondary N) is 1. The van der Waals surface area contributed by atoms with E-state index in [4.69, 9.17) is 15.6 Å². The normalized spacial score (nSPS) is 10.9. The summed E-state index contributed by atoms with van der Waals surface area (Å²) >= 11 is 3.32. The number of aryl methyl sites for hydroxylation is 1. The van der Waals surface area contributed by atoms with Gasteiger partial charge < -0.3 is 10.2 Å². The highest BCUT2D eigenvalue weighted by molar-refractivity contribution is 9.10. The molecule has 3 rings (SSSR count). The first-order chi connectivity index (χ1) is 11.5. The summed E-state index contributed by atoms with van der Waals surface area (Å²) in [4.78, 5) is 24.2. The molecule has 2 aromatic carbocycles. The number of aromatic nitrogens is 1. The van der Waals surface area contributed by atoms with Crippen molar-refractivity contribution in [1.29, 1.82) is 5.41 Å². The van der Waals surface area contributed by atoms with E-state index in [9.17, 15) is 9.59 Å². The SMILES string of the molecule is N=C(N)c1ccc2c(c1)oc(=O)n2CCC(=O)c1ccc(Br)cc1. The fraction of sp³-hybridized carbons (Fsp3) is 0.118. The Bertz CT molecular complexity index is 986. The number of nitrogens with zero attached hydrogens (tertiary/aromatic N) is 1. The van der Waals surface area contributed by atoms with Crippen molar-refractivity contribution in [3.63, 3.8) is 0 Å². The molecule has 0 aliphatic rings. The number of oxazole rings is 1. The number of rotatable bonds is 5. The van der Waals surface area contributed by atoms with Gasteiger partial charge in [0.15, 0.2) is 11.4 Å². The van der Waals surface area contributed by atoms with E-state index in [1.807, 2.05) is 0 Å². The van der Waals surface area contributed by atoms with Crippen molar-refractivity contribution in [2.24, 2.45) is 5.73 Å². The topological polar surface area (TPSA) is 102 Å². The second-order valence-electron chi connectivity index (χ2n) is 5.30. The smallest absolute Gasteiger partial charge is 0.408 e. The van der Waals surface area contributed by atoms with Gasteiger partial charge >= 0.3 is 5.76 Å². The number of Topliss-reactive ketones (excluding diaryl/α,β-unsaturated/α-hetero) is 1. The number of amidine groups is 1. The van der Waals surface area contributed by atoms with Crippen LogP contribution >= 0.6 is 15.9 Å². The van der Waals surface area contributed by atoms with Gasteiger partial charge in [-0.2, -0.15) is 0 Å². The molecule has 0 unspecified atom stereocenters. The van der Waals surface area contributed by atoms with E-state index >= 15 is 0 Å². The average Bonchev–Trinajstić information content (AvgIpc) is 2.87. The zero-order chi connectivity index (χ0) is 17.3. The summed E-state index contributed by atoms with van der Waals surface area (Å²) < 4.78 is 7.49. The Balaban J connectivity index is 1.83. The van der Waals surface area contributed by atoms with Crippen LogP contribution in [-0.4, -0.2) is 16.2 Å². The Morgan fingerprint density at radius 2 is 1.83 bits per heavy atom. The van der Waals surface area contributed by atoms with Crippen molar-refractivity contribution >= 4 is 38.6 Å². The van der Waals surface area contributed by atoms with Gasteiger partial charge in [-0.05, 0) is 30.3 Å². The van der Waals surface area contributed by atoms with E-state index in [2.05, 4.69) is 15.9 Å². The largest absolute Gasteiger partial charge is 0.419 e. The van der Waals surface area contributed by atoms with Crippen molar-refractivity contribution in [3.8, 4) is 0 Å². The highest BCUT2D eigenvalue weighted by atomic mass is 79.9. The molecule has 0 spiro atoms. The lowest BCUT2D eigenvalue weighted by Crippen LogP contribution is -2.16. The van der Waals surface area contributed by atoms with Crippen LogP contribution < -0.4 is 11.5 Å². The van der Waals surface area contributed by atoms with Crippen LogP contribution in [0.5, 0.6) is 0 Å². The molecule has 3 N–H and O–H groups in total. The standard InChI is InChI=1S/C17H14BrN3O3/c18-12-4-1-10(2-5-12)14(22)7-8-21-13-6-3-11(16(19)20)9-15(13)24-17(21)23/h1-6,9H,7-8H2,(H3,19,20). The first-order valence-electron chi connectivity index (χ1n) is 7.22. The van der Waals surface area contributed by atoms with Gasteiger partial charge in [-0.15, -0.1) is 0 Å². The number of halogens is 1. The van der Waals surface area contributed by atoms with E-state index in [-0.39, 0.29) is 24.6 Å². The van der Waals surface area contributed by atoms with Gasteiger partial charge in [-0.1, -0.05) is 28.1 Å². The Morgan fingerprint density at radius 3 is 2.50 bits per heavy atom.